The SMILES string of the molecule is CCCCc1csc(NC(=O)C2C(C)(C)C2(C)C)c1C(N)=O. The first-order valence-corrected chi connectivity index (χ1v) is 8.73. The molecule has 1 aliphatic carbocycles. The van der Waals surface area contributed by atoms with Crippen molar-refractivity contribution in [3.05, 3.63) is 16.5 Å². The van der Waals surface area contributed by atoms with Crippen molar-refractivity contribution in [3.8, 4) is 0 Å². The molecule has 2 amide bonds. The van der Waals surface area contributed by atoms with E-state index in [1.807, 2.05) is 5.38 Å². The van der Waals surface area contributed by atoms with Gasteiger partial charge in [-0.1, -0.05) is 41.0 Å². The summed E-state index contributed by atoms with van der Waals surface area (Å²) in [5.74, 6) is -0.514. The molecule has 0 saturated heterocycles. The van der Waals surface area contributed by atoms with E-state index in [-0.39, 0.29) is 22.7 Å². The van der Waals surface area contributed by atoms with Crippen LogP contribution in [-0.2, 0) is 11.2 Å². The van der Waals surface area contributed by atoms with Crippen molar-refractivity contribution in [2.24, 2.45) is 22.5 Å². The minimum Gasteiger partial charge on any atom is -0.365 e. The Kier molecular flexibility index (Phi) is 4.39. The highest BCUT2D eigenvalue weighted by Crippen LogP contribution is 2.68. The summed E-state index contributed by atoms with van der Waals surface area (Å²) in [7, 11) is 0. The molecule has 4 nitrogen and oxygen atoms in total. The second-order valence-corrected chi connectivity index (χ2v) is 8.18. The van der Waals surface area contributed by atoms with Crippen LogP contribution in [0.1, 0.15) is 63.4 Å². The maximum absolute atomic E-state index is 12.5. The fourth-order valence-electron chi connectivity index (χ4n) is 3.34. The van der Waals surface area contributed by atoms with Crippen LogP contribution < -0.4 is 11.1 Å². The molecule has 0 atom stereocenters. The van der Waals surface area contributed by atoms with Crippen molar-refractivity contribution in [3.63, 3.8) is 0 Å². The van der Waals surface area contributed by atoms with Crippen LogP contribution in [-0.4, -0.2) is 11.8 Å². The predicted molar refractivity (Wildman–Crippen MR) is 91.1 cm³/mol. The zero-order chi connectivity index (χ0) is 16.7. The number of nitrogens with one attached hydrogen (secondary N) is 1. The molecule has 122 valence electrons. The largest absolute Gasteiger partial charge is 0.365 e. The van der Waals surface area contributed by atoms with E-state index < -0.39 is 5.91 Å². The van der Waals surface area contributed by atoms with Gasteiger partial charge in [-0.3, -0.25) is 9.59 Å². The van der Waals surface area contributed by atoms with Gasteiger partial charge in [0.1, 0.15) is 5.00 Å². The fourth-order valence-corrected chi connectivity index (χ4v) is 4.35. The summed E-state index contributed by atoms with van der Waals surface area (Å²) in [5, 5.41) is 5.48. The Morgan fingerprint density at radius 3 is 2.32 bits per heavy atom. The first-order valence-electron chi connectivity index (χ1n) is 7.85. The summed E-state index contributed by atoms with van der Waals surface area (Å²) in [6.45, 7) is 10.5. The van der Waals surface area contributed by atoms with Crippen LogP contribution in [0.4, 0.5) is 5.00 Å². The number of carbonyl (C=O) groups is 2. The van der Waals surface area contributed by atoms with Crippen molar-refractivity contribution in [1.29, 1.82) is 0 Å². The molecule has 0 unspecified atom stereocenters. The van der Waals surface area contributed by atoms with Crippen LogP contribution in [0.3, 0.4) is 0 Å². The number of hydrogen-bond donors (Lipinski definition) is 2. The fraction of sp³-hybridized carbons (Fsp3) is 0.647. The predicted octanol–water partition coefficient (Wildman–Crippen LogP) is 3.81. The molecule has 1 fully saturated rings. The lowest BCUT2D eigenvalue weighted by Crippen LogP contribution is -2.20. The Morgan fingerprint density at radius 1 is 1.27 bits per heavy atom. The third kappa shape index (κ3) is 2.67. The number of carbonyl (C=O) groups excluding carboxylic acids is 2. The quantitative estimate of drug-likeness (QED) is 0.836. The van der Waals surface area contributed by atoms with Gasteiger partial charge in [0.25, 0.3) is 5.91 Å². The van der Waals surface area contributed by atoms with Crippen LogP contribution in [0, 0.1) is 16.7 Å². The third-order valence-electron chi connectivity index (χ3n) is 5.43. The van der Waals surface area contributed by atoms with Gasteiger partial charge < -0.3 is 11.1 Å². The van der Waals surface area contributed by atoms with Crippen LogP contribution in [0.2, 0.25) is 0 Å². The summed E-state index contributed by atoms with van der Waals surface area (Å²) in [4.78, 5) is 24.3. The summed E-state index contributed by atoms with van der Waals surface area (Å²) in [5.41, 5.74) is 6.92. The highest BCUT2D eigenvalue weighted by Gasteiger charge is 2.68. The van der Waals surface area contributed by atoms with E-state index in [0.29, 0.717) is 10.6 Å². The maximum atomic E-state index is 12.5. The van der Waals surface area contributed by atoms with Crippen molar-refractivity contribution in [2.75, 3.05) is 5.32 Å². The highest BCUT2D eigenvalue weighted by molar-refractivity contribution is 7.15. The molecule has 5 heteroatoms. The molecule has 3 N–H and O–H groups in total. The van der Waals surface area contributed by atoms with Crippen molar-refractivity contribution in [1.82, 2.24) is 0 Å². The van der Waals surface area contributed by atoms with E-state index in [4.69, 9.17) is 5.73 Å². The third-order valence-corrected chi connectivity index (χ3v) is 6.38. The number of aryl methyl sites for hydroxylation is 1. The van der Waals surface area contributed by atoms with Crippen LogP contribution in [0.15, 0.2) is 5.38 Å². The van der Waals surface area contributed by atoms with Gasteiger partial charge in [-0.25, -0.2) is 0 Å². The monoisotopic (exact) mass is 322 g/mol. The normalized spacial score (nSPS) is 19.0. The van der Waals surface area contributed by atoms with E-state index in [1.54, 1.807) is 0 Å². The maximum Gasteiger partial charge on any atom is 0.251 e. The summed E-state index contributed by atoms with van der Waals surface area (Å²) >= 11 is 1.40. The van der Waals surface area contributed by atoms with Gasteiger partial charge in [-0.2, -0.15) is 0 Å². The van der Waals surface area contributed by atoms with E-state index >= 15 is 0 Å². The van der Waals surface area contributed by atoms with E-state index in [1.165, 1.54) is 11.3 Å². The molecule has 22 heavy (non-hydrogen) atoms. The standard InChI is InChI=1S/C17H26N2O2S/c1-6-7-8-10-9-22-15(11(10)13(18)20)19-14(21)12-16(2,3)17(12,4)5/h9,12H,6-8H2,1-5H3,(H2,18,20)(H,19,21). The summed E-state index contributed by atoms with van der Waals surface area (Å²) < 4.78 is 0. The number of thiophene rings is 1. The van der Waals surface area contributed by atoms with Crippen molar-refractivity contribution in [2.45, 2.75) is 53.9 Å². The van der Waals surface area contributed by atoms with Gasteiger partial charge in [-0.15, -0.1) is 11.3 Å². The lowest BCUT2D eigenvalue weighted by molar-refractivity contribution is -0.118. The summed E-state index contributed by atoms with van der Waals surface area (Å²) in [6, 6.07) is 0. The Hall–Kier alpha value is -1.36. The number of amides is 2. The van der Waals surface area contributed by atoms with E-state index in [0.717, 1.165) is 24.8 Å². The van der Waals surface area contributed by atoms with Gasteiger partial charge in [0.05, 0.1) is 5.56 Å². The van der Waals surface area contributed by atoms with Gasteiger partial charge in [0.2, 0.25) is 5.91 Å². The van der Waals surface area contributed by atoms with Gasteiger partial charge in [-0.05, 0) is 34.6 Å². The highest BCUT2D eigenvalue weighted by atomic mass is 32.1. The van der Waals surface area contributed by atoms with Crippen molar-refractivity contribution < 1.29 is 9.59 Å². The molecule has 0 radical (unpaired) electrons. The second kappa shape index (κ2) is 5.69. The van der Waals surface area contributed by atoms with E-state index in [9.17, 15) is 9.59 Å². The molecule has 0 aromatic carbocycles. The molecule has 0 bridgehead atoms. The molecular formula is C17H26N2O2S. The Balaban J connectivity index is 2.19. The molecule has 0 spiro atoms. The second-order valence-electron chi connectivity index (χ2n) is 7.30. The lowest BCUT2D eigenvalue weighted by atomic mass is 10.0. The Morgan fingerprint density at radius 2 is 1.86 bits per heavy atom. The first kappa shape index (κ1) is 17.0. The molecule has 0 aliphatic heterocycles. The molecule has 1 aromatic heterocycles. The van der Waals surface area contributed by atoms with Crippen LogP contribution in [0.25, 0.3) is 0 Å². The molecular weight excluding hydrogens is 296 g/mol. The van der Waals surface area contributed by atoms with Crippen LogP contribution in [0.5, 0.6) is 0 Å². The smallest absolute Gasteiger partial charge is 0.251 e. The number of anilines is 1. The number of nitrogens with two attached hydrogens (primary N) is 1. The zero-order valence-corrected chi connectivity index (χ0v) is 14.9. The minimum atomic E-state index is -0.461. The molecule has 1 heterocycles. The summed E-state index contributed by atoms with van der Waals surface area (Å²) in [6.07, 6.45) is 2.88. The molecule has 1 saturated carbocycles. The van der Waals surface area contributed by atoms with Gasteiger partial charge in [0, 0.05) is 5.92 Å². The first-order chi connectivity index (χ1) is 10.1. The van der Waals surface area contributed by atoms with E-state index in [2.05, 4.69) is 39.9 Å². The molecule has 1 aliphatic rings. The number of hydrogen-bond acceptors (Lipinski definition) is 3. The Bertz CT molecular complexity index is 588. The number of primary amides is 1. The Labute approximate surface area is 136 Å². The van der Waals surface area contributed by atoms with Crippen LogP contribution >= 0.6 is 11.3 Å². The average molecular weight is 322 g/mol. The number of unbranched alkanes of at least 4 members (excludes halogenated alkanes) is 1. The average Bonchev–Trinajstić information content (AvgIpc) is 2.71. The van der Waals surface area contributed by atoms with Gasteiger partial charge in [0.15, 0.2) is 0 Å². The minimum absolute atomic E-state index is 0.0126. The van der Waals surface area contributed by atoms with Gasteiger partial charge >= 0.3 is 0 Å². The lowest BCUT2D eigenvalue weighted by Gasteiger charge is -2.07. The zero-order valence-electron chi connectivity index (χ0n) is 14.1. The topological polar surface area (TPSA) is 72.2 Å². The molecule has 1 aromatic rings. The number of rotatable bonds is 6. The molecule has 2 rings (SSSR count). The van der Waals surface area contributed by atoms with Crippen molar-refractivity contribution >= 4 is 28.2 Å².